The Bertz CT molecular complexity index is 823. The highest BCUT2D eigenvalue weighted by atomic mass is 32.2. The maximum atomic E-state index is 11.9. The van der Waals surface area contributed by atoms with E-state index in [0.29, 0.717) is 10.8 Å². The molecule has 1 aromatic carbocycles. The molecular formula is C14H19N5O3S2. The van der Waals surface area contributed by atoms with Crippen LogP contribution in [0.3, 0.4) is 0 Å². The number of hydrogen-bond donors (Lipinski definition) is 3. The molecule has 130 valence electrons. The van der Waals surface area contributed by atoms with Gasteiger partial charge in [-0.3, -0.25) is 9.89 Å². The number of aromatic amines is 1. The van der Waals surface area contributed by atoms with Crippen LogP contribution < -0.4 is 10.5 Å². The summed E-state index contributed by atoms with van der Waals surface area (Å²) in [5.74, 6) is 0.646. The highest BCUT2D eigenvalue weighted by Crippen LogP contribution is 2.21. The van der Waals surface area contributed by atoms with Gasteiger partial charge >= 0.3 is 0 Å². The summed E-state index contributed by atoms with van der Waals surface area (Å²) in [4.78, 5) is 16.3. The van der Waals surface area contributed by atoms with Crippen LogP contribution in [0, 0.1) is 0 Å². The highest BCUT2D eigenvalue weighted by molar-refractivity contribution is 7.99. The Balaban J connectivity index is 1.91. The lowest BCUT2D eigenvalue weighted by Gasteiger charge is -2.12. The normalized spacial score (nSPS) is 12.2. The number of aromatic nitrogens is 3. The van der Waals surface area contributed by atoms with Gasteiger partial charge in [-0.2, -0.15) is 0 Å². The van der Waals surface area contributed by atoms with E-state index in [1.165, 1.54) is 36.0 Å². The number of rotatable bonds is 5. The predicted molar refractivity (Wildman–Crippen MR) is 92.3 cm³/mol. The van der Waals surface area contributed by atoms with Crippen LogP contribution in [0.2, 0.25) is 0 Å². The first-order chi connectivity index (χ1) is 11.1. The second-order valence-electron chi connectivity index (χ2n) is 6.12. The number of sulfonamides is 1. The standard InChI is InChI=1S/C14H19N5O3S2/c1-14(2,3)12-17-13(19-18-12)23-8-11(20)16-9-4-6-10(7-5-9)24(15,21)22/h4-7H,8H2,1-3H3,(H,16,20)(H2,15,21,22)(H,17,18,19). The highest BCUT2D eigenvalue weighted by Gasteiger charge is 2.19. The second kappa shape index (κ2) is 6.91. The molecule has 1 heterocycles. The van der Waals surface area contributed by atoms with Crippen molar-refractivity contribution in [1.29, 1.82) is 0 Å². The van der Waals surface area contributed by atoms with Gasteiger partial charge in [0.1, 0.15) is 5.82 Å². The summed E-state index contributed by atoms with van der Waals surface area (Å²) >= 11 is 1.21. The monoisotopic (exact) mass is 369 g/mol. The van der Waals surface area contributed by atoms with Crippen LogP contribution in [0.1, 0.15) is 26.6 Å². The van der Waals surface area contributed by atoms with Crippen molar-refractivity contribution in [3.05, 3.63) is 30.1 Å². The maximum absolute atomic E-state index is 11.9. The van der Waals surface area contributed by atoms with Crippen LogP contribution in [0.4, 0.5) is 5.69 Å². The van der Waals surface area contributed by atoms with Crippen LogP contribution in [0.15, 0.2) is 34.3 Å². The molecule has 2 aromatic rings. The molecule has 24 heavy (non-hydrogen) atoms. The summed E-state index contributed by atoms with van der Waals surface area (Å²) in [6, 6.07) is 5.63. The third-order valence-electron chi connectivity index (χ3n) is 2.97. The Hall–Kier alpha value is -1.91. The van der Waals surface area contributed by atoms with E-state index in [1.807, 2.05) is 20.8 Å². The number of anilines is 1. The summed E-state index contributed by atoms with van der Waals surface area (Å²) in [6.07, 6.45) is 0. The van der Waals surface area contributed by atoms with Gasteiger partial charge < -0.3 is 5.32 Å². The summed E-state index contributed by atoms with van der Waals surface area (Å²) in [5.41, 5.74) is 0.345. The van der Waals surface area contributed by atoms with Crippen molar-refractivity contribution < 1.29 is 13.2 Å². The molecule has 0 radical (unpaired) electrons. The van der Waals surface area contributed by atoms with Crippen LogP contribution in [-0.4, -0.2) is 35.3 Å². The Labute approximate surface area is 144 Å². The molecule has 2 rings (SSSR count). The molecule has 8 nitrogen and oxygen atoms in total. The van der Waals surface area contributed by atoms with Crippen molar-refractivity contribution in [2.45, 2.75) is 36.2 Å². The number of H-pyrrole nitrogens is 1. The number of hydrogen-bond acceptors (Lipinski definition) is 6. The number of thioether (sulfide) groups is 1. The third kappa shape index (κ3) is 5.05. The third-order valence-corrected chi connectivity index (χ3v) is 4.75. The number of carbonyl (C=O) groups is 1. The number of nitrogens with one attached hydrogen (secondary N) is 2. The van der Waals surface area contributed by atoms with Gasteiger partial charge in [-0.15, -0.1) is 5.10 Å². The van der Waals surface area contributed by atoms with Crippen LogP contribution in [0.25, 0.3) is 0 Å². The smallest absolute Gasteiger partial charge is 0.238 e. The van der Waals surface area contributed by atoms with Crippen molar-refractivity contribution >= 4 is 33.4 Å². The molecule has 0 saturated carbocycles. The van der Waals surface area contributed by atoms with Gasteiger partial charge in [0.15, 0.2) is 0 Å². The van der Waals surface area contributed by atoms with Crippen molar-refractivity contribution in [2.75, 3.05) is 11.1 Å². The topological polar surface area (TPSA) is 131 Å². The first kappa shape index (κ1) is 18.4. The number of benzene rings is 1. The molecule has 4 N–H and O–H groups in total. The first-order valence-electron chi connectivity index (χ1n) is 7.04. The molecule has 0 aliphatic carbocycles. The van der Waals surface area contributed by atoms with Gasteiger partial charge in [0.05, 0.1) is 10.6 Å². The zero-order chi connectivity index (χ0) is 18.0. The van der Waals surface area contributed by atoms with E-state index in [1.54, 1.807) is 0 Å². The molecule has 10 heteroatoms. The predicted octanol–water partition coefficient (Wildman–Crippen LogP) is 1.48. The summed E-state index contributed by atoms with van der Waals surface area (Å²) in [6.45, 7) is 6.04. The second-order valence-corrected chi connectivity index (χ2v) is 8.63. The van der Waals surface area contributed by atoms with Gasteiger partial charge in [0, 0.05) is 11.1 Å². The fourth-order valence-electron chi connectivity index (χ4n) is 1.70. The minimum absolute atomic E-state index is 0.00898. The van der Waals surface area contributed by atoms with E-state index >= 15 is 0 Å². The molecule has 1 amide bonds. The van der Waals surface area contributed by atoms with Crippen LogP contribution in [-0.2, 0) is 20.2 Å². The molecule has 0 aliphatic heterocycles. The molecule has 0 atom stereocenters. The van der Waals surface area contributed by atoms with Crippen LogP contribution >= 0.6 is 11.8 Å². The zero-order valence-corrected chi connectivity index (χ0v) is 15.2. The summed E-state index contributed by atoms with van der Waals surface area (Å²) < 4.78 is 22.3. The molecule has 0 unspecified atom stereocenters. The van der Waals surface area contributed by atoms with Gasteiger partial charge in [0.2, 0.25) is 21.1 Å². The molecule has 1 aromatic heterocycles. The number of primary sulfonamides is 1. The lowest BCUT2D eigenvalue weighted by molar-refractivity contribution is -0.113. The number of nitrogens with zero attached hydrogens (tertiary/aromatic N) is 2. The molecule has 0 fully saturated rings. The van der Waals surface area contributed by atoms with Crippen molar-refractivity contribution in [3.63, 3.8) is 0 Å². The minimum atomic E-state index is -3.74. The van der Waals surface area contributed by atoms with E-state index in [0.717, 1.165) is 5.82 Å². The number of nitrogens with two attached hydrogens (primary N) is 1. The summed E-state index contributed by atoms with van der Waals surface area (Å²) in [7, 11) is -3.74. The van der Waals surface area contributed by atoms with E-state index in [2.05, 4.69) is 20.5 Å². The van der Waals surface area contributed by atoms with Crippen molar-refractivity contribution in [2.24, 2.45) is 5.14 Å². The average molecular weight is 369 g/mol. The molecule has 0 aliphatic rings. The molecule has 0 bridgehead atoms. The maximum Gasteiger partial charge on any atom is 0.238 e. The minimum Gasteiger partial charge on any atom is -0.325 e. The number of carbonyl (C=O) groups excluding carboxylic acids is 1. The van der Waals surface area contributed by atoms with E-state index in [-0.39, 0.29) is 22.0 Å². The van der Waals surface area contributed by atoms with Gasteiger partial charge in [-0.05, 0) is 24.3 Å². The van der Waals surface area contributed by atoms with Crippen molar-refractivity contribution in [1.82, 2.24) is 15.2 Å². The Morgan fingerprint density at radius 1 is 1.29 bits per heavy atom. The fraction of sp³-hybridized carbons (Fsp3) is 0.357. The first-order valence-corrected chi connectivity index (χ1v) is 9.57. The Morgan fingerprint density at radius 3 is 2.42 bits per heavy atom. The Morgan fingerprint density at radius 2 is 1.92 bits per heavy atom. The summed E-state index contributed by atoms with van der Waals surface area (Å²) in [5, 5.41) is 15.1. The molecule has 0 spiro atoms. The quantitative estimate of drug-likeness (QED) is 0.684. The molecule has 0 saturated heterocycles. The van der Waals surface area contributed by atoms with E-state index < -0.39 is 10.0 Å². The Kier molecular flexibility index (Phi) is 5.31. The van der Waals surface area contributed by atoms with Crippen LogP contribution in [0.5, 0.6) is 0 Å². The van der Waals surface area contributed by atoms with E-state index in [9.17, 15) is 13.2 Å². The van der Waals surface area contributed by atoms with Crippen molar-refractivity contribution in [3.8, 4) is 0 Å². The SMILES string of the molecule is CC(C)(C)c1nc(SCC(=O)Nc2ccc(S(N)(=O)=O)cc2)n[nH]1. The fourth-order valence-corrected chi connectivity index (χ4v) is 2.82. The van der Waals surface area contributed by atoms with Gasteiger partial charge in [0.25, 0.3) is 0 Å². The molecular weight excluding hydrogens is 350 g/mol. The van der Waals surface area contributed by atoms with E-state index in [4.69, 9.17) is 5.14 Å². The lowest BCUT2D eigenvalue weighted by Crippen LogP contribution is -2.15. The largest absolute Gasteiger partial charge is 0.325 e. The average Bonchev–Trinajstić information content (AvgIpc) is 2.94. The zero-order valence-electron chi connectivity index (χ0n) is 13.5. The van der Waals surface area contributed by atoms with Gasteiger partial charge in [-0.1, -0.05) is 32.5 Å². The van der Waals surface area contributed by atoms with Gasteiger partial charge in [-0.25, -0.2) is 18.5 Å². The number of amides is 1. The lowest BCUT2D eigenvalue weighted by atomic mass is 9.96.